The van der Waals surface area contributed by atoms with Crippen LogP contribution in [0.4, 0.5) is 5.69 Å². The van der Waals surface area contributed by atoms with Crippen molar-refractivity contribution in [1.29, 1.82) is 0 Å². The Balaban J connectivity index is 2.27. The number of Topliss-reactive ketones (excluding diaryl/α,β-unsaturated/α-hetero) is 1. The van der Waals surface area contributed by atoms with Gasteiger partial charge in [-0.3, -0.25) is 9.59 Å². The minimum Gasteiger partial charge on any atom is -0.465 e. The molecular weight excluding hydrogens is 320 g/mol. The zero-order valence-corrected chi connectivity index (χ0v) is 15.1. The minimum absolute atomic E-state index is 0.0640. The summed E-state index contributed by atoms with van der Waals surface area (Å²) in [7, 11) is 1.27. The van der Waals surface area contributed by atoms with Crippen molar-refractivity contribution >= 4 is 23.3 Å². The maximum Gasteiger partial charge on any atom is 0.339 e. The third-order valence-electron chi connectivity index (χ3n) is 4.20. The molecule has 6 nitrogen and oxygen atoms in total. The average Bonchev–Trinajstić information content (AvgIpc) is 2.86. The van der Waals surface area contributed by atoms with Gasteiger partial charge in [-0.05, 0) is 49.6 Å². The molecule has 0 radical (unpaired) electrons. The number of H-pyrrole nitrogens is 1. The Kier molecular flexibility index (Phi) is 5.41. The maximum absolute atomic E-state index is 12.4. The summed E-state index contributed by atoms with van der Waals surface area (Å²) in [4.78, 5) is 39.0. The number of nitrogens with one attached hydrogen (secondary N) is 2. The number of esters is 1. The number of benzene rings is 1. The van der Waals surface area contributed by atoms with Crippen molar-refractivity contribution in [2.75, 3.05) is 12.4 Å². The fraction of sp³-hybridized carbons (Fsp3) is 0.316. The second-order valence-electron chi connectivity index (χ2n) is 6.05. The SMILES string of the molecule is COC(=O)c1c(CC(=O)Nc2ccc(C)c(C)c2)[nH]c(C(C)=O)c1C. The minimum atomic E-state index is -0.574. The van der Waals surface area contributed by atoms with E-state index in [1.54, 1.807) is 6.92 Å². The van der Waals surface area contributed by atoms with Crippen molar-refractivity contribution < 1.29 is 19.1 Å². The molecule has 2 N–H and O–H groups in total. The molecule has 1 aromatic carbocycles. The van der Waals surface area contributed by atoms with Crippen LogP contribution in [0.2, 0.25) is 0 Å². The summed E-state index contributed by atoms with van der Waals surface area (Å²) in [6.45, 7) is 7.02. The van der Waals surface area contributed by atoms with E-state index in [9.17, 15) is 14.4 Å². The summed E-state index contributed by atoms with van der Waals surface area (Å²) in [6.07, 6.45) is -0.0640. The summed E-state index contributed by atoms with van der Waals surface area (Å²) < 4.78 is 4.78. The van der Waals surface area contributed by atoms with Crippen molar-refractivity contribution in [2.24, 2.45) is 0 Å². The Labute approximate surface area is 146 Å². The first kappa shape index (κ1) is 18.4. The van der Waals surface area contributed by atoms with E-state index in [1.807, 2.05) is 32.0 Å². The Morgan fingerprint density at radius 2 is 1.80 bits per heavy atom. The lowest BCUT2D eigenvalue weighted by Crippen LogP contribution is -2.17. The summed E-state index contributed by atoms with van der Waals surface area (Å²) in [6, 6.07) is 5.63. The first-order valence-corrected chi connectivity index (χ1v) is 7.92. The molecule has 1 amide bonds. The molecule has 0 aliphatic heterocycles. The molecule has 0 aliphatic rings. The average molecular weight is 342 g/mol. The molecule has 6 heteroatoms. The van der Waals surface area contributed by atoms with Gasteiger partial charge in [-0.15, -0.1) is 0 Å². The predicted octanol–water partition coefficient (Wildman–Crippen LogP) is 3.11. The van der Waals surface area contributed by atoms with E-state index in [4.69, 9.17) is 4.74 Å². The van der Waals surface area contributed by atoms with E-state index in [2.05, 4.69) is 10.3 Å². The van der Waals surface area contributed by atoms with Gasteiger partial charge in [0, 0.05) is 18.3 Å². The molecule has 0 aliphatic carbocycles. The fourth-order valence-electron chi connectivity index (χ4n) is 2.71. The molecule has 2 rings (SSSR count). The Morgan fingerprint density at radius 3 is 2.36 bits per heavy atom. The number of aromatic amines is 1. The maximum atomic E-state index is 12.4. The Bertz CT molecular complexity index is 849. The number of amides is 1. The number of aryl methyl sites for hydroxylation is 2. The van der Waals surface area contributed by atoms with Gasteiger partial charge in [-0.1, -0.05) is 6.07 Å². The quantitative estimate of drug-likeness (QED) is 0.645. The van der Waals surface area contributed by atoms with E-state index in [0.717, 1.165) is 11.1 Å². The third-order valence-corrected chi connectivity index (χ3v) is 4.20. The molecule has 132 valence electrons. The normalized spacial score (nSPS) is 10.4. The lowest BCUT2D eigenvalue weighted by molar-refractivity contribution is -0.115. The molecule has 25 heavy (non-hydrogen) atoms. The van der Waals surface area contributed by atoms with Gasteiger partial charge in [0.25, 0.3) is 0 Å². The van der Waals surface area contributed by atoms with E-state index in [-0.39, 0.29) is 23.7 Å². The molecule has 2 aromatic rings. The molecule has 0 saturated carbocycles. The summed E-state index contributed by atoms with van der Waals surface area (Å²) >= 11 is 0. The number of carbonyl (C=O) groups is 3. The standard InChI is InChI=1S/C19H22N2O4/c1-10-6-7-14(8-11(10)2)20-16(23)9-15-17(19(24)25-5)12(3)18(21-15)13(4)22/h6-8,21H,9H2,1-5H3,(H,20,23). The van der Waals surface area contributed by atoms with Gasteiger partial charge >= 0.3 is 5.97 Å². The summed E-state index contributed by atoms with van der Waals surface area (Å²) in [5.41, 5.74) is 4.31. The van der Waals surface area contributed by atoms with Crippen molar-refractivity contribution in [3.05, 3.63) is 51.8 Å². The van der Waals surface area contributed by atoms with Crippen LogP contribution in [0.5, 0.6) is 0 Å². The van der Waals surface area contributed by atoms with E-state index < -0.39 is 5.97 Å². The molecule has 0 atom stereocenters. The van der Waals surface area contributed by atoms with Crippen LogP contribution in [0.15, 0.2) is 18.2 Å². The van der Waals surface area contributed by atoms with Gasteiger partial charge in [-0.25, -0.2) is 4.79 Å². The topological polar surface area (TPSA) is 88.3 Å². The largest absolute Gasteiger partial charge is 0.465 e. The van der Waals surface area contributed by atoms with Crippen LogP contribution >= 0.6 is 0 Å². The van der Waals surface area contributed by atoms with Crippen LogP contribution in [0.25, 0.3) is 0 Å². The summed E-state index contributed by atoms with van der Waals surface area (Å²) in [5, 5.41) is 2.80. The number of carbonyl (C=O) groups excluding carboxylic acids is 3. The van der Waals surface area contributed by atoms with Crippen LogP contribution in [-0.4, -0.2) is 29.8 Å². The Morgan fingerprint density at radius 1 is 1.12 bits per heavy atom. The van der Waals surface area contributed by atoms with Crippen LogP contribution in [0, 0.1) is 20.8 Å². The highest BCUT2D eigenvalue weighted by atomic mass is 16.5. The number of ether oxygens (including phenoxy) is 1. The lowest BCUT2D eigenvalue weighted by Gasteiger charge is -2.08. The number of ketones is 1. The molecule has 1 aromatic heterocycles. The van der Waals surface area contributed by atoms with Crippen LogP contribution < -0.4 is 5.32 Å². The van der Waals surface area contributed by atoms with Gasteiger partial charge in [0.05, 0.1) is 24.8 Å². The molecular formula is C19H22N2O4. The number of hydrogen-bond donors (Lipinski definition) is 2. The van der Waals surface area contributed by atoms with Gasteiger partial charge in [0.15, 0.2) is 5.78 Å². The lowest BCUT2D eigenvalue weighted by atomic mass is 10.1. The second kappa shape index (κ2) is 7.34. The van der Waals surface area contributed by atoms with Crippen LogP contribution in [0.3, 0.4) is 0 Å². The molecule has 0 unspecified atom stereocenters. The molecule has 1 heterocycles. The van der Waals surface area contributed by atoms with Crippen LogP contribution in [-0.2, 0) is 16.0 Å². The van der Waals surface area contributed by atoms with Crippen molar-refractivity contribution in [2.45, 2.75) is 34.1 Å². The highest BCUT2D eigenvalue weighted by molar-refractivity contribution is 6.02. The van der Waals surface area contributed by atoms with Gasteiger partial charge < -0.3 is 15.0 Å². The Hall–Kier alpha value is -2.89. The monoisotopic (exact) mass is 342 g/mol. The number of aromatic nitrogens is 1. The van der Waals surface area contributed by atoms with E-state index >= 15 is 0 Å². The van der Waals surface area contributed by atoms with Crippen LogP contribution in [0.1, 0.15) is 50.2 Å². The number of methoxy groups -OCH3 is 1. The predicted molar refractivity (Wildman–Crippen MR) is 95.1 cm³/mol. The molecule has 0 fully saturated rings. The smallest absolute Gasteiger partial charge is 0.339 e. The zero-order valence-electron chi connectivity index (χ0n) is 15.1. The van der Waals surface area contributed by atoms with Crippen molar-refractivity contribution in [3.8, 4) is 0 Å². The van der Waals surface area contributed by atoms with Gasteiger partial charge in [0.1, 0.15) is 0 Å². The van der Waals surface area contributed by atoms with Crippen molar-refractivity contribution in [3.63, 3.8) is 0 Å². The van der Waals surface area contributed by atoms with Gasteiger partial charge in [-0.2, -0.15) is 0 Å². The first-order chi connectivity index (χ1) is 11.7. The first-order valence-electron chi connectivity index (χ1n) is 7.92. The number of rotatable bonds is 5. The van der Waals surface area contributed by atoms with Gasteiger partial charge in [0.2, 0.25) is 5.91 Å². The molecule has 0 saturated heterocycles. The third kappa shape index (κ3) is 3.96. The second-order valence-corrected chi connectivity index (χ2v) is 6.05. The van der Waals surface area contributed by atoms with Crippen molar-refractivity contribution in [1.82, 2.24) is 4.98 Å². The van der Waals surface area contributed by atoms with E-state index in [0.29, 0.717) is 22.6 Å². The summed E-state index contributed by atoms with van der Waals surface area (Å²) in [5.74, 6) is -1.07. The highest BCUT2D eigenvalue weighted by Gasteiger charge is 2.24. The highest BCUT2D eigenvalue weighted by Crippen LogP contribution is 2.21. The number of anilines is 1. The fourth-order valence-corrected chi connectivity index (χ4v) is 2.71. The van der Waals surface area contributed by atoms with E-state index in [1.165, 1.54) is 14.0 Å². The number of hydrogen-bond acceptors (Lipinski definition) is 4. The molecule has 0 spiro atoms. The zero-order chi connectivity index (χ0) is 18.7. The molecule has 0 bridgehead atoms.